The van der Waals surface area contributed by atoms with Crippen LogP contribution in [-0.4, -0.2) is 54.0 Å². The number of aromatic nitrogens is 1. The summed E-state index contributed by atoms with van der Waals surface area (Å²) < 4.78 is 5.20. The van der Waals surface area contributed by atoms with Crippen LogP contribution in [0.3, 0.4) is 0 Å². The molecule has 5 nitrogen and oxygen atoms in total. The molecule has 1 aliphatic heterocycles. The molecule has 1 aromatic carbocycles. The smallest absolute Gasteiger partial charge is 0.254 e. The minimum atomic E-state index is 0.0774. The highest BCUT2D eigenvalue weighted by atomic mass is 16.5. The normalized spacial score (nSPS) is 15.3. The predicted octanol–water partition coefficient (Wildman–Crippen LogP) is 2.36. The third kappa shape index (κ3) is 3.74. The number of aryl methyl sites for hydroxylation is 1. The molecule has 5 heteroatoms. The average molecular weight is 325 g/mol. The van der Waals surface area contributed by atoms with Crippen LogP contribution in [0.4, 0.5) is 0 Å². The number of amides is 1. The van der Waals surface area contributed by atoms with Crippen LogP contribution in [0.15, 0.2) is 42.7 Å². The first-order valence-corrected chi connectivity index (χ1v) is 8.22. The number of benzene rings is 1. The Labute approximate surface area is 142 Å². The third-order valence-electron chi connectivity index (χ3n) is 4.51. The summed E-state index contributed by atoms with van der Waals surface area (Å²) in [6.07, 6.45) is 3.74. The minimum Gasteiger partial charge on any atom is -0.497 e. The van der Waals surface area contributed by atoms with Gasteiger partial charge in [0, 0.05) is 50.7 Å². The van der Waals surface area contributed by atoms with Crippen molar-refractivity contribution in [1.82, 2.24) is 14.8 Å². The number of piperazine rings is 1. The lowest BCUT2D eigenvalue weighted by atomic mass is 10.1. The molecule has 0 atom stereocenters. The van der Waals surface area contributed by atoms with E-state index in [0.29, 0.717) is 11.3 Å². The summed E-state index contributed by atoms with van der Waals surface area (Å²) in [6.45, 7) is 6.27. The maximum absolute atomic E-state index is 12.6. The van der Waals surface area contributed by atoms with E-state index in [1.54, 1.807) is 13.2 Å². The first kappa shape index (κ1) is 16.5. The van der Waals surface area contributed by atoms with E-state index in [1.165, 1.54) is 11.1 Å². The molecule has 0 N–H and O–H groups in total. The molecule has 0 unspecified atom stereocenters. The second kappa shape index (κ2) is 7.45. The van der Waals surface area contributed by atoms with Crippen LogP contribution < -0.4 is 4.74 Å². The Morgan fingerprint density at radius 1 is 1.21 bits per heavy atom. The molecule has 3 rings (SSSR count). The third-order valence-corrected chi connectivity index (χ3v) is 4.51. The number of nitrogens with zero attached hydrogens (tertiary/aromatic N) is 3. The highest BCUT2D eigenvalue weighted by Gasteiger charge is 2.22. The predicted molar refractivity (Wildman–Crippen MR) is 93.1 cm³/mol. The standard InChI is InChI=1S/C19H23N3O2/c1-15-13-20-7-6-17(15)14-21-8-10-22(11-9-21)19(23)16-4-3-5-18(12-16)24-2/h3-7,12-13H,8-11,14H2,1-2H3. The number of carbonyl (C=O) groups is 1. The zero-order valence-electron chi connectivity index (χ0n) is 14.2. The summed E-state index contributed by atoms with van der Waals surface area (Å²) in [7, 11) is 1.61. The molecule has 24 heavy (non-hydrogen) atoms. The van der Waals surface area contributed by atoms with Gasteiger partial charge in [-0.25, -0.2) is 0 Å². The lowest BCUT2D eigenvalue weighted by Crippen LogP contribution is -2.48. The molecular formula is C19H23N3O2. The van der Waals surface area contributed by atoms with E-state index in [9.17, 15) is 4.79 Å². The fourth-order valence-electron chi connectivity index (χ4n) is 2.97. The SMILES string of the molecule is COc1cccc(C(=O)N2CCN(Cc3ccncc3C)CC2)c1. The fraction of sp³-hybridized carbons (Fsp3) is 0.368. The van der Waals surface area contributed by atoms with E-state index in [1.807, 2.05) is 35.5 Å². The molecule has 1 saturated heterocycles. The molecular weight excluding hydrogens is 302 g/mol. The van der Waals surface area contributed by atoms with Gasteiger partial charge in [-0.1, -0.05) is 6.07 Å². The molecule has 0 bridgehead atoms. The summed E-state index contributed by atoms with van der Waals surface area (Å²) >= 11 is 0. The number of methoxy groups -OCH3 is 1. The molecule has 2 heterocycles. The zero-order chi connectivity index (χ0) is 16.9. The largest absolute Gasteiger partial charge is 0.497 e. The maximum Gasteiger partial charge on any atom is 0.254 e. The van der Waals surface area contributed by atoms with E-state index in [4.69, 9.17) is 4.74 Å². The van der Waals surface area contributed by atoms with Crippen molar-refractivity contribution in [2.24, 2.45) is 0 Å². The molecule has 126 valence electrons. The number of pyridine rings is 1. The van der Waals surface area contributed by atoms with Crippen LogP contribution in [0.1, 0.15) is 21.5 Å². The summed E-state index contributed by atoms with van der Waals surface area (Å²) in [5.74, 6) is 0.793. The lowest BCUT2D eigenvalue weighted by molar-refractivity contribution is 0.0628. The average Bonchev–Trinajstić information content (AvgIpc) is 2.64. The van der Waals surface area contributed by atoms with E-state index >= 15 is 0 Å². The second-order valence-corrected chi connectivity index (χ2v) is 6.10. The monoisotopic (exact) mass is 325 g/mol. The summed E-state index contributed by atoms with van der Waals surface area (Å²) in [4.78, 5) is 21.1. The maximum atomic E-state index is 12.6. The summed E-state index contributed by atoms with van der Waals surface area (Å²) in [5, 5.41) is 0. The van der Waals surface area contributed by atoms with Crippen LogP contribution in [0.25, 0.3) is 0 Å². The summed E-state index contributed by atoms with van der Waals surface area (Å²) in [6, 6.07) is 9.43. The van der Waals surface area contributed by atoms with Gasteiger partial charge in [-0.15, -0.1) is 0 Å². The Morgan fingerprint density at radius 3 is 2.71 bits per heavy atom. The Kier molecular flexibility index (Phi) is 5.11. The van der Waals surface area contributed by atoms with Crippen molar-refractivity contribution in [2.45, 2.75) is 13.5 Å². The van der Waals surface area contributed by atoms with Crippen molar-refractivity contribution in [3.8, 4) is 5.75 Å². The number of hydrogen-bond donors (Lipinski definition) is 0. The topological polar surface area (TPSA) is 45.7 Å². The van der Waals surface area contributed by atoms with Crippen molar-refractivity contribution in [2.75, 3.05) is 33.3 Å². The molecule has 1 aromatic heterocycles. The van der Waals surface area contributed by atoms with Gasteiger partial charge in [0.05, 0.1) is 7.11 Å². The first-order valence-electron chi connectivity index (χ1n) is 8.22. The van der Waals surface area contributed by atoms with Crippen molar-refractivity contribution in [3.05, 3.63) is 59.4 Å². The molecule has 0 radical (unpaired) electrons. The molecule has 1 fully saturated rings. The van der Waals surface area contributed by atoms with Crippen LogP contribution in [0.5, 0.6) is 5.75 Å². The first-order chi connectivity index (χ1) is 11.7. The van der Waals surface area contributed by atoms with Gasteiger partial charge in [-0.05, 0) is 42.3 Å². The van der Waals surface area contributed by atoms with Crippen molar-refractivity contribution >= 4 is 5.91 Å². The fourth-order valence-corrected chi connectivity index (χ4v) is 2.97. The number of hydrogen-bond acceptors (Lipinski definition) is 4. The molecule has 1 amide bonds. The molecule has 0 saturated carbocycles. The highest BCUT2D eigenvalue weighted by molar-refractivity contribution is 5.94. The van der Waals surface area contributed by atoms with Crippen molar-refractivity contribution in [1.29, 1.82) is 0 Å². The molecule has 0 aliphatic carbocycles. The van der Waals surface area contributed by atoms with E-state index < -0.39 is 0 Å². The van der Waals surface area contributed by atoms with E-state index in [0.717, 1.165) is 32.7 Å². The van der Waals surface area contributed by atoms with Crippen LogP contribution in [0, 0.1) is 6.92 Å². The Hall–Kier alpha value is -2.40. The quantitative estimate of drug-likeness (QED) is 0.866. The molecule has 0 spiro atoms. The van der Waals surface area contributed by atoms with Gasteiger partial charge in [0.2, 0.25) is 0 Å². The number of rotatable bonds is 4. The van der Waals surface area contributed by atoms with Gasteiger partial charge >= 0.3 is 0 Å². The second-order valence-electron chi connectivity index (χ2n) is 6.10. The van der Waals surface area contributed by atoms with Crippen molar-refractivity contribution < 1.29 is 9.53 Å². The van der Waals surface area contributed by atoms with Crippen LogP contribution >= 0.6 is 0 Å². The van der Waals surface area contributed by atoms with Gasteiger partial charge in [0.25, 0.3) is 5.91 Å². The number of carbonyl (C=O) groups excluding carboxylic acids is 1. The van der Waals surface area contributed by atoms with E-state index in [-0.39, 0.29) is 5.91 Å². The molecule has 2 aromatic rings. The van der Waals surface area contributed by atoms with Crippen LogP contribution in [-0.2, 0) is 6.54 Å². The summed E-state index contributed by atoms with van der Waals surface area (Å²) in [5.41, 5.74) is 3.21. The van der Waals surface area contributed by atoms with Gasteiger partial charge in [0.1, 0.15) is 5.75 Å². The Morgan fingerprint density at radius 2 is 2.00 bits per heavy atom. The van der Waals surface area contributed by atoms with Gasteiger partial charge in [0.15, 0.2) is 0 Å². The van der Waals surface area contributed by atoms with Crippen molar-refractivity contribution in [3.63, 3.8) is 0 Å². The lowest BCUT2D eigenvalue weighted by Gasteiger charge is -2.35. The van der Waals surface area contributed by atoms with Gasteiger partial charge in [-0.3, -0.25) is 14.7 Å². The van der Waals surface area contributed by atoms with E-state index in [2.05, 4.69) is 22.9 Å². The highest BCUT2D eigenvalue weighted by Crippen LogP contribution is 2.16. The molecule has 1 aliphatic rings. The Balaban J connectivity index is 1.58. The zero-order valence-corrected chi connectivity index (χ0v) is 14.2. The van der Waals surface area contributed by atoms with Gasteiger partial charge in [-0.2, -0.15) is 0 Å². The minimum absolute atomic E-state index is 0.0774. The van der Waals surface area contributed by atoms with Crippen LogP contribution in [0.2, 0.25) is 0 Å². The van der Waals surface area contributed by atoms with Gasteiger partial charge < -0.3 is 9.64 Å². The number of ether oxygens (including phenoxy) is 1. The Bertz CT molecular complexity index is 709.